The Balaban J connectivity index is 1.82. The molecule has 8 heteroatoms. The van der Waals surface area contributed by atoms with E-state index in [-0.39, 0.29) is 17.9 Å². The van der Waals surface area contributed by atoms with E-state index in [4.69, 9.17) is 4.74 Å². The number of amides is 1. The highest BCUT2D eigenvalue weighted by molar-refractivity contribution is 5.91. The first kappa shape index (κ1) is 17.9. The molecule has 2 aromatic carbocycles. The molecule has 2 N–H and O–H groups in total. The van der Waals surface area contributed by atoms with Crippen LogP contribution in [-0.2, 0) is 11.3 Å². The zero-order valence-electron chi connectivity index (χ0n) is 14.0. The summed E-state index contributed by atoms with van der Waals surface area (Å²) in [5.41, 5.74) is 0.790. The first-order valence-corrected chi connectivity index (χ1v) is 7.99. The van der Waals surface area contributed by atoms with Gasteiger partial charge in [-0.05, 0) is 11.6 Å². The van der Waals surface area contributed by atoms with E-state index in [1.165, 1.54) is 0 Å². The fourth-order valence-corrected chi connectivity index (χ4v) is 2.47. The van der Waals surface area contributed by atoms with Crippen molar-refractivity contribution < 1.29 is 14.5 Å². The number of carbonyl (C=O) groups is 1. The zero-order valence-corrected chi connectivity index (χ0v) is 14.0. The maximum atomic E-state index is 12.1. The van der Waals surface area contributed by atoms with Crippen molar-refractivity contribution in [3.63, 3.8) is 0 Å². The van der Waals surface area contributed by atoms with Gasteiger partial charge in [0.2, 0.25) is 0 Å². The molecule has 3 rings (SSSR count). The van der Waals surface area contributed by atoms with Gasteiger partial charge in [-0.3, -0.25) is 20.2 Å². The van der Waals surface area contributed by atoms with Crippen molar-refractivity contribution in [2.75, 3.05) is 5.32 Å². The standard InChI is InChI=1S/C19H15N3O5/c23-18-16(10-14(11-20-18)22(25)26)15-8-4-5-9-17(15)21-19(24)27-12-13-6-2-1-3-7-13/h1-11H,12H2,(H,20,23)(H,21,24). The van der Waals surface area contributed by atoms with Crippen LogP contribution in [0.4, 0.5) is 16.2 Å². The highest BCUT2D eigenvalue weighted by atomic mass is 16.6. The van der Waals surface area contributed by atoms with Crippen molar-refractivity contribution in [1.82, 2.24) is 4.98 Å². The molecule has 0 radical (unpaired) electrons. The number of H-pyrrole nitrogens is 1. The molecule has 0 bridgehead atoms. The van der Waals surface area contributed by atoms with E-state index in [0.717, 1.165) is 17.8 Å². The molecule has 0 aliphatic rings. The summed E-state index contributed by atoms with van der Waals surface area (Å²) < 4.78 is 5.17. The fraction of sp³-hybridized carbons (Fsp3) is 0.0526. The number of aromatic amines is 1. The predicted octanol–water partition coefficient (Wildman–Crippen LogP) is 3.70. The number of carbonyl (C=O) groups excluding carboxylic acids is 1. The zero-order chi connectivity index (χ0) is 19.2. The summed E-state index contributed by atoms with van der Waals surface area (Å²) in [4.78, 5) is 36.9. The lowest BCUT2D eigenvalue weighted by molar-refractivity contribution is -0.385. The summed E-state index contributed by atoms with van der Waals surface area (Å²) in [6.07, 6.45) is 0.323. The maximum Gasteiger partial charge on any atom is 0.411 e. The molecular weight excluding hydrogens is 350 g/mol. The second-order valence-corrected chi connectivity index (χ2v) is 5.59. The van der Waals surface area contributed by atoms with Crippen molar-refractivity contribution in [3.8, 4) is 11.1 Å². The largest absolute Gasteiger partial charge is 0.444 e. The Labute approximate surface area is 153 Å². The molecule has 0 atom stereocenters. The number of pyridine rings is 1. The number of benzene rings is 2. The van der Waals surface area contributed by atoms with Crippen LogP contribution in [0.2, 0.25) is 0 Å². The highest BCUT2D eigenvalue weighted by Gasteiger charge is 2.15. The minimum absolute atomic E-state index is 0.0724. The van der Waals surface area contributed by atoms with E-state index in [1.54, 1.807) is 24.3 Å². The summed E-state index contributed by atoms with van der Waals surface area (Å²) >= 11 is 0. The van der Waals surface area contributed by atoms with Gasteiger partial charge in [0, 0.05) is 11.6 Å². The van der Waals surface area contributed by atoms with E-state index in [0.29, 0.717) is 11.3 Å². The van der Waals surface area contributed by atoms with E-state index >= 15 is 0 Å². The van der Waals surface area contributed by atoms with Crippen LogP contribution >= 0.6 is 0 Å². The molecule has 0 aliphatic heterocycles. The Hall–Kier alpha value is -3.94. The van der Waals surface area contributed by atoms with Crippen molar-refractivity contribution in [3.05, 3.63) is 92.9 Å². The average Bonchev–Trinajstić information content (AvgIpc) is 2.68. The van der Waals surface area contributed by atoms with Crippen LogP contribution in [0.1, 0.15) is 5.56 Å². The SMILES string of the molecule is O=C(Nc1ccccc1-c1cc([N+](=O)[O-])c[nH]c1=O)OCc1ccccc1. The number of hydrogen-bond acceptors (Lipinski definition) is 5. The Morgan fingerprint density at radius 2 is 1.78 bits per heavy atom. The smallest absolute Gasteiger partial charge is 0.411 e. The van der Waals surface area contributed by atoms with E-state index in [9.17, 15) is 19.7 Å². The van der Waals surface area contributed by atoms with Crippen molar-refractivity contribution in [2.45, 2.75) is 6.61 Å². The third-order valence-corrected chi connectivity index (χ3v) is 3.77. The third kappa shape index (κ3) is 4.37. The average molecular weight is 365 g/mol. The molecule has 136 valence electrons. The van der Waals surface area contributed by atoms with Gasteiger partial charge >= 0.3 is 6.09 Å². The number of para-hydroxylation sites is 1. The van der Waals surface area contributed by atoms with Crippen LogP contribution in [0.25, 0.3) is 11.1 Å². The van der Waals surface area contributed by atoms with Gasteiger partial charge in [-0.25, -0.2) is 4.79 Å². The molecule has 1 aromatic heterocycles. The molecule has 1 amide bonds. The summed E-state index contributed by atoms with van der Waals surface area (Å²) in [6, 6.07) is 16.8. The highest BCUT2D eigenvalue weighted by Crippen LogP contribution is 2.27. The Morgan fingerprint density at radius 3 is 2.52 bits per heavy atom. The third-order valence-electron chi connectivity index (χ3n) is 3.77. The van der Waals surface area contributed by atoms with E-state index < -0.39 is 16.6 Å². The van der Waals surface area contributed by atoms with Crippen LogP contribution in [0.15, 0.2) is 71.7 Å². The van der Waals surface area contributed by atoms with Gasteiger partial charge in [0.1, 0.15) is 6.61 Å². The molecule has 0 saturated heterocycles. The Kier molecular flexibility index (Phi) is 5.27. The summed E-state index contributed by atoms with van der Waals surface area (Å²) in [5, 5.41) is 13.5. The molecule has 0 spiro atoms. The lowest BCUT2D eigenvalue weighted by atomic mass is 10.0. The van der Waals surface area contributed by atoms with Crippen molar-refractivity contribution >= 4 is 17.5 Å². The lowest BCUT2D eigenvalue weighted by Crippen LogP contribution is -2.15. The lowest BCUT2D eigenvalue weighted by Gasteiger charge is -2.11. The minimum Gasteiger partial charge on any atom is -0.444 e. The van der Waals surface area contributed by atoms with Crippen molar-refractivity contribution in [1.29, 1.82) is 0 Å². The first-order chi connectivity index (χ1) is 13.0. The van der Waals surface area contributed by atoms with Gasteiger partial charge in [-0.2, -0.15) is 0 Å². The predicted molar refractivity (Wildman–Crippen MR) is 99.4 cm³/mol. The van der Waals surface area contributed by atoms with Crippen LogP contribution < -0.4 is 10.9 Å². The summed E-state index contributed by atoms with van der Waals surface area (Å²) in [5.74, 6) is 0. The number of anilines is 1. The second-order valence-electron chi connectivity index (χ2n) is 5.59. The molecular formula is C19H15N3O5. The van der Waals surface area contributed by atoms with E-state index in [1.807, 2.05) is 30.3 Å². The summed E-state index contributed by atoms with van der Waals surface area (Å²) in [7, 11) is 0. The van der Waals surface area contributed by atoms with Gasteiger partial charge in [-0.15, -0.1) is 0 Å². The summed E-state index contributed by atoms with van der Waals surface area (Å²) in [6.45, 7) is 0.0895. The molecule has 0 aliphatic carbocycles. The van der Waals surface area contributed by atoms with Crippen LogP contribution in [-0.4, -0.2) is 16.0 Å². The minimum atomic E-state index is -0.701. The second kappa shape index (κ2) is 7.96. The van der Waals surface area contributed by atoms with Gasteiger partial charge < -0.3 is 9.72 Å². The normalized spacial score (nSPS) is 10.2. The number of nitrogens with zero attached hydrogens (tertiary/aromatic N) is 1. The van der Waals surface area contributed by atoms with Crippen molar-refractivity contribution in [2.24, 2.45) is 0 Å². The number of aromatic nitrogens is 1. The molecule has 0 unspecified atom stereocenters. The Morgan fingerprint density at radius 1 is 1.07 bits per heavy atom. The van der Waals surface area contributed by atoms with Crippen LogP contribution in [0.5, 0.6) is 0 Å². The first-order valence-electron chi connectivity index (χ1n) is 7.99. The number of hydrogen-bond donors (Lipinski definition) is 2. The number of ether oxygens (including phenoxy) is 1. The van der Waals surface area contributed by atoms with Crippen LogP contribution in [0, 0.1) is 10.1 Å². The number of rotatable bonds is 5. The van der Waals surface area contributed by atoms with Gasteiger partial charge in [0.25, 0.3) is 11.2 Å². The van der Waals surface area contributed by atoms with Crippen LogP contribution in [0.3, 0.4) is 0 Å². The quantitative estimate of drug-likeness (QED) is 0.528. The number of nitrogens with one attached hydrogen (secondary N) is 2. The van der Waals surface area contributed by atoms with E-state index in [2.05, 4.69) is 10.3 Å². The van der Waals surface area contributed by atoms with Gasteiger partial charge in [0.15, 0.2) is 0 Å². The molecule has 0 saturated carbocycles. The molecule has 27 heavy (non-hydrogen) atoms. The monoisotopic (exact) mass is 365 g/mol. The Bertz CT molecular complexity index is 1030. The topological polar surface area (TPSA) is 114 Å². The number of nitro groups is 1. The fourth-order valence-electron chi connectivity index (χ4n) is 2.47. The maximum absolute atomic E-state index is 12.1. The molecule has 8 nitrogen and oxygen atoms in total. The molecule has 3 aromatic rings. The van der Waals surface area contributed by atoms with Gasteiger partial charge in [-0.1, -0.05) is 48.5 Å². The molecule has 0 fully saturated rings. The van der Waals surface area contributed by atoms with Gasteiger partial charge in [0.05, 0.1) is 22.4 Å². The molecule has 1 heterocycles.